The smallest absolute Gasteiger partial charge is 0.203 e. The van der Waals surface area contributed by atoms with Crippen LogP contribution in [0.1, 0.15) is 18.4 Å². The molecule has 1 saturated heterocycles. The minimum absolute atomic E-state index is 0.218. The van der Waals surface area contributed by atoms with Gasteiger partial charge in [0.25, 0.3) is 0 Å². The Labute approximate surface area is 108 Å². The first-order valence-electron chi connectivity index (χ1n) is 6.39. The van der Waals surface area contributed by atoms with Crippen molar-refractivity contribution in [3.8, 4) is 17.2 Å². The van der Waals surface area contributed by atoms with E-state index in [0.29, 0.717) is 17.4 Å². The third kappa shape index (κ3) is 2.70. The topological polar surface area (TPSA) is 50.7 Å². The molecular weight excluding hydrogens is 230 g/mol. The van der Waals surface area contributed by atoms with Crippen LogP contribution in [-0.2, 0) is 6.42 Å². The number of ether oxygens (including phenoxy) is 2. The molecule has 18 heavy (non-hydrogen) atoms. The van der Waals surface area contributed by atoms with E-state index in [-0.39, 0.29) is 5.75 Å². The quantitative estimate of drug-likeness (QED) is 0.859. The second-order valence-electron chi connectivity index (χ2n) is 4.71. The Morgan fingerprint density at radius 1 is 1.22 bits per heavy atom. The molecule has 1 aliphatic rings. The number of nitrogens with one attached hydrogen (secondary N) is 1. The predicted octanol–water partition coefficient (Wildman–Crippen LogP) is 1.95. The summed E-state index contributed by atoms with van der Waals surface area (Å²) in [6, 6.07) is 3.79. The van der Waals surface area contributed by atoms with Gasteiger partial charge in [0.05, 0.1) is 14.2 Å². The van der Waals surface area contributed by atoms with Gasteiger partial charge in [0, 0.05) is 0 Å². The van der Waals surface area contributed by atoms with Gasteiger partial charge in [0.15, 0.2) is 11.5 Å². The number of methoxy groups -OCH3 is 2. The Morgan fingerprint density at radius 2 is 1.94 bits per heavy atom. The number of hydrogen-bond acceptors (Lipinski definition) is 4. The van der Waals surface area contributed by atoms with Gasteiger partial charge in [-0.25, -0.2) is 0 Å². The van der Waals surface area contributed by atoms with Gasteiger partial charge >= 0.3 is 0 Å². The van der Waals surface area contributed by atoms with Crippen LogP contribution in [-0.4, -0.2) is 32.4 Å². The molecule has 0 bridgehead atoms. The fraction of sp³-hybridized carbons (Fsp3) is 0.571. The molecule has 1 aromatic rings. The van der Waals surface area contributed by atoms with E-state index < -0.39 is 0 Å². The largest absolute Gasteiger partial charge is 0.504 e. The molecule has 4 nitrogen and oxygen atoms in total. The van der Waals surface area contributed by atoms with Crippen molar-refractivity contribution < 1.29 is 14.6 Å². The van der Waals surface area contributed by atoms with E-state index in [0.717, 1.165) is 37.9 Å². The van der Waals surface area contributed by atoms with Crippen molar-refractivity contribution in [3.05, 3.63) is 17.7 Å². The number of benzene rings is 1. The minimum atomic E-state index is 0.218. The summed E-state index contributed by atoms with van der Waals surface area (Å²) in [7, 11) is 3.12. The molecule has 2 N–H and O–H groups in total. The minimum Gasteiger partial charge on any atom is -0.504 e. The van der Waals surface area contributed by atoms with Crippen LogP contribution < -0.4 is 14.8 Å². The molecule has 4 heteroatoms. The van der Waals surface area contributed by atoms with Crippen LogP contribution in [0.3, 0.4) is 0 Å². The average Bonchev–Trinajstić information content (AvgIpc) is 2.42. The molecule has 1 fully saturated rings. The predicted molar refractivity (Wildman–Crippen MR) is 70.5 cm³/mol. The zero-order chi connectivity index (χ0) is 13.0. The Kier molecular flexibility index (Phi) is 4.31. The number of phenols is 1. The zero-order valence-corrected chi connectivity index (χ0v) is 11.0. The maximum absolute atomic E-state index is 10.2. The summed E-state index contributed by atoms with van der Waals surface area (Å²) in [6.07, 6.45) is 3.22. The molecule has 0 aromatic heterocycles. The van der Waals surface area contributed by atoms with E-state index in [1.165, 1.54) is 0 Å². The number of piperidine rings is 1. The van der Waals surface area contributed by atoms with Gasteiger partial charge in [-0.2, -0.15) is 0 Å². The standard InChI is InChI=1S/C14H21NO3/c1-17-12-4-3-11(13(16)14(12)18-2)9-10-5-7-15-8-6-10/h3-4,10,15-16H,5-9H2,1-2H3. The lowest BCUT2D eigenvalue weighted by Gasteiger charge is -2.23. The van der Waals surface area contributed by atoms with Crippen LogP contribution in [0.25, 0.3) is 0 Å². The highest BCUT2D eigenvalue weighted by molar-refractivity contribution is 5.54. The van der Waals surface area contributed by atoms with Crippen molar-refractivity contribution in [3.63, 3.8) is 0 Å². The monoisotopic (exact) mass is 251 g/mol. The maximum Gasteiger partial charge on any atom is 0.203 e. The van der Waals surface area contributed by atoms with Gasteiger partial charge in [-0.05, 0) is 49.9 Å². The number of rotatable bonds is 4. The summed E-state index contributed by atoms with van der Waals surface area (Å²) in [5, 5.41) is 13.6. The molecule has 1 aromatic carbocycles. The van der Waals surface area contributed by atoms with E-state index >= 15 is 0 Å². The molecule has 1 aliphatic heterocycles. The van der Waals surface area contributed by atoms with Crippen LogP contribution in [0.4, 0.5) is 0 Å². The molecule has 1 heterocycles. The van der Waals surface area contributed by atoms with E-state index in [1.54, 1.807) is 14.2 Å². The van der Waals surface area contributed by atoms with Crippen molar-refractivity contribution in [2.45, 2.75) is 19.3 Å². The van der Waals surface area contributed by atoms with Gasteiger partial charge in [-0.3, -0.25) is 0 Å². The van der Waals surface area contributed by atoms with Crippen molar-refractivity contribution >= 4 is 0 Å². The van der Waals surface area contributed by atoms with Crippen LogP contribution in [0, 0.1) is 5.92 Å². The normalized spacial score (nSPS) is 16.6. The SMILES string of the molecule is COc1ccc(CC2CCNCC2)c(O)c1OC. The summed E-state index contributed by atoms with van der Waals surface area (Å²) >= 11 is 0. The Hall–Kier alpha value is -1.42. The first-order valence-corrected chi connectivity index (χ1v) is 6.39. The maximum atomic E-state index is 10.2. The summed E-state index contributed by atoms with van der Waals surface area (Å²) in [6.45, 7) is 2.14. The molecular formula is C14H21NO3. The molecule has 100 valence electrons. The Balaban J connectivity index is 2.17. The van der Waals surface area contributed by atoms with E-state index in [2.05, 4.69) is 5.32 Å². The van der Waals surface area contributed by atoms with Gasteiger partial charge in [-0.1, -0.05) is 6.07 Å². The highest BCUT2D eigenvalue weighted by Gasteiger charge is 2.19. The molecule has 0 aliphatic carbocycles. The molecule has 0 unspecified atom stereocenters. The molecule has 0 atom stereocenters. The van der Waals surface area contributed by atoms with Crippen molar-refractivity contribution in [2.75, 3.05) is 27.3 Å². The van der Waals surface area contributed by atoms with E-state index in [4.69, 9.17) is 9.47 Å². The molecule has 2 rings (SSSR count). The molecule has 0 saturated carbocycles. The van der Waals surface area contributed by atoms with Crippen LogP contribution in [0.5, 0.6) is 17.2 Å². The average molecular weight is 251 g/mol. The lowest BCUT2D eigenvalue weighted by molar-refractivity contribution is 0.326. The second kappa shape index (κ2) is 5.96. The molecule has 0 radical (unpaired) electrons. The lowest BCUT2D eigenvalue weighted by atomic mass is 9.90. The van der Waals surface area contributed by atoms with Crippen LogP contribution >= 0.6 is 0 Å². The second-order valence-corrected chi connectivity index (χ2v) is 4.71. The summed E-state index contributed by atoms with van der Waals surface area (Å²) < 4.78 is 10.4. The van der Waals surface area contributed by atoms with E-state index in [9.17, 15) is 5.11 Å². The summed E-state index contributed by atoms with van der Waals surface area (Å²) in [5.41, 5.74) is 0.944. The fourth-order valence-corrected chi connectivity index (χ4v) is 2.51. The first kappa shape index (κ1) is 13.0. The third-order valence-electron chi connectivity index (χ3n) is 3.57. The van der Waals surface area contributed by atoms with Gasteiger partial charge in [0.1, 0.15) is 0 Å². The fourth-order valence-electron chi connectivity index (χ4n) is 2.51. The zero-order valence-electron chi connectivity index (χ0n) is 11.0. The van der Waals surface area contributed by atoms with Crippen molar-refractivity contribution in [1.29, 1.82) is 0 Å². The van der Waals surface area contributed by atoms with Gasteiger partial charge < -0.3 is 19.9 Å². The molecule has 0 spiro atoms. The third-order valence-corrected chi connectivity index (χ3v) is 3.57. The Morgan fingerprint density at radius 3 is 2.56 bits per heavy atom. The number of aromatic hydroxyl groups is 1. The highest BCUT2D eigenvalue weighted by atomic mass is 16.5. The van der Waals surface area contributed by atoms with E-state index in [1.807, 2.05) is 12.1 Å². The van der Waals surface area contributed by atoms with Crippen molar-refractivity contribution in [2.24, 2.45) is 5.92 Å². The number of phenolic OH excluding ortho intramolecular Hbond substituents is 1. The first-order chi connectivity index (χ1) is 8.76. The van der Waals surface area contributed by atoms with Gasteiger partial charge in [-0.15, -0.1) is 0 Å². The summed E-state index contributed by atoms with van der Waals surface area (Å²) in [4.78, 5) is 0. The van der Waals surface area contributed by atoms with Gasteiger partial charge in [0.2, 0.25) is 5.75 Å². The van der Waals surface area contributed by atoms with Crippen LogP contribution in [0.2, 0.25) is 0 Å². The molecule has 0 amide bonds. The summed E-state index contributed by atoms with van der Waals surface area (Å²) in [5.74, 6) is 1.86. The number of hydrogen-bond donors (Lipinski definition) is 2. The Bertz CT molecular complexity index is 400. The van der Waals surface area contributed by atoms with Crippen LogP contribution in [0.15, 0.2) is 12.1 Å². The highest BCUT2D eigenvalue weighted by Crippen LogP contribution is 2.40. The van der Waals surface area contributed by atoms with Crippen molar-refractivity contribution in [1.82, 2.24) is 5.32 Å². The lowest BCUT2D eigenvalue weighted by Crippen LogP contribution is -2.28.